The van der Waals surface area contributed by atoms with Gasteiger partial charge >= 0.3 is 0 Å². The Hall–Kier alpha value is -3.65. The molecule has 0 saturated heterocycles. The molecule has 6 nitrogen and oxygen atoms in total. The van der Waals surface area contributed by atoms with Gasteiger partial charge in [0.2, 0.25) is 10.0 Å². The number of sulfonamides is 1. The van der Waals surface area contributed by atoms with Gasteiger partial charge in [-0.05, 0) is 60.2 Å². The van der Waals surface area contributed by atoms with E-state index in [1.165, 1.54) is 22.5 Å². The largest absolute Gasteiger partial charge is 0.321 e. The minimum absolute atomic E-state index is 0.108. The van der Waals surface area contributed by atoms with Crippen LogP contribution >= 0.6 is 23.2 Å². The number of carbonyl (C=O) groups excluding carboxylic acids is 2. The fourth-order valence-corrected chi connectivity index (χ4v) is 4.87. The van der Waals surface area contributed by atoms with Gasteiger partial charge in [0, 0.05) is 26.7 Å². The molecule has 0 fully saturated rings. The fourth-order valence-electron chi connectivity index (χ4n) is 3.69. The summed E-state index contributed by atoms with van der Waals surface area (Å²) in [7, 11) is -3.60. The van der Waals surface area contributed by atoms with Crippen molar-refractivity contribution >= 4 is 56.3 Å². The van der Waals surface area contributed by atoms with E-state index in [0.29, 0.717) is 27.0 Å². The zero-order valence-corrected chi connectivity index (χ0v) is 22.0. The average molecular weight is 553 g/mol. The number of nitrogens with zero attached hydrogens (tertiary/aromatic N) is 1. The van der Waals surface area contributed by atoms with E-state index in [9.17, 15) is 18.0 Å². The van der Waals surface area contributed by atoms with Crippen molar-refractivity contribution in [2.75, 3.05) is 15.9 Å². The summed E-state index contributed by atoms with van der Waals surface area (Å²) in [5.41, 5.74) is 2.49. The molecule has 0 radical (unpaired) electrons. The number of hydrogen-bond donors (Lipinski definition) is 1. The quantitative estimate of drug-likeness (QED) is 0.255. The number of nitrogens with one attached hydrogen (secondary N) is 1. The summed E-state index contributed by atoms with van der Waals surface area (Å²) in [5, 5.41) is 3.68. The maximum absolute atomic E-state index is 13.0. The monoisotopic (exact) mass is 552 g/mol. The molecule has 0 saturated carbocycles. The first kappa shape index (κ1) is 26.4. The molecule has 0 aliphatic carbocycles. The molecule has 4 aromatic carbocycles. The van der Waals surface area contributed by atoms with Crippen LogP contribution in [0.5, 0.6) is 0 Å². The minimum atomic E-state index is -3.60. The summed E-state index contributed by atoms with van der Waals surface area (Å²) in [6.07, 6.45) is 1.12. The Morgan fingerprint density at radius 2 is 1.41 bits per heavy atom. The Kier molecular flexibility index (Phi) is 7.97. The van der Waals surface area contributed by atoms with Crippen molar-refractivity contribution in [2.45, 2.75) is 6.54 Å². The molecule has 188 valence electrons. The summed E-state index contributed by atoms with van der Waals surface area (Å²) in [6, 6.07) is 26.4. The van der Waals surface area contributed by atoms with E-state index in [-0.39, 0.29) is 23.5 Å². The molecule has 0 aliphatic rings. The number of rotatable bonds is 8. The van der Waals surface area contributed by atoms with Gasteiger partial charge in [-0.2, -0.15) is 0 Å². The van der Waals surface area contributed by atoms with E-state index in [2.05, 4.69) is 5.32 Å². The van der Waals surface area contributed by atoms with E-state index in [0.717, 1.165) is 11.8 Å². The first-order chi connectivity index (χ1) is 17.6. The Balaban J connectivity index is 1.56. The molecule has 0 unspecified atom stereocenters. The van der Waals surface area contributed by atoms with Crippen molar-refractivity contribution < 1.29 is 18.0 Å². The number of ketones is 1. The van der Waals surface area contributed by atoms with Gasteiger partial charge in [-0.25, -0.2) is 8.42 Å². The van der Waals surface area contributed by atoms with Gasteiger partial charge in [0.05, 0.1) is 24.2 Å². The van der Waals surface area contributed by atoms with Gasteiger partial charge in [-0.3, -0.25) is 13.9 Å². The summed E-state index contributed by atoms with van der Waals surface area (Å²) >= 11 is 12.1. The minimum Gasteiger partial charge on any atom is -0.321 e. The summed E-state index contributed by atoms with van der Waals surface area (Å²) in [6.45, 7) is 0.108. The Morgan fingerprint density at radius 1 is 0.784 bits per heavy atom. The maximum atomic E-state index is 13.0. The summed E-state index contributed by atoms with van der Waals surface area (Å²) < 4.78 is 26.2. The van der Waals surface area contributed by atoms with Crippen molar-refractivity contribution in [1.82, 2.24) is 0 Å². The van der Waals surface area contributed by atoms with Crippen molar-refractivity contribution in [3.8, 4) is 0 Å². The van der Waals surface area contributed by atoms with Crippen LogP contribution in [-0.4, -0.2) is 26.4 Å². The molecule has 0 aliphatic heterocycles. The lowest BCUT2D eigenvalue weighted by Gasteiger charge is -2.23. The highest BCUT2D eigenvalue weighted by molar-refractivity contribution is 7.92. The molecule has 1 amide bonds. The number of anilines is 2. The second-order valence-electron chi connectivity index (χ2n) is 8.28. The molecular formula is C28H22Cl2N2O4S. The summed E-state index contributed by atoms with van der Waals surface area (Å²) in [4.78, 5) is 26.1. The van der Waals surface area contributed by atoms with E-state index < -0.39 is 15.9 Å². The lowest BCUT2D eigenvalue weighted by atomic mass is 10.0. The number of halogens is 2. The van der Waals surface area contributed by atoms with Crippen LogP contribution in [0.3, 0.4) is 0 Å². The third-order valence-corrected chi connectivity index (χ3v) is 7.20. The van der Waals surface area contributed by atoms with Crippen LogP contribution in [0.1, 0.15) is 31.8 Å². The smallest absolute Gasteiger partial charge is 0.255 e. The van der Waals surface area contributed by atoms with Crippen LogP contribution in [0.4, 0.5) is 11.4 Å². The van der Waals surface area contributed by atoms with Crippen LogP contribution in [0, 0.1) is 0 Å². The van der Waals surface area contributed by atoms with Gasteiger partial charge in [-0.15, -0.1) is 0 Å². The standard InChI is InChI=1S/C28H22Cl2N2O4S/c1-37(35,36)32(18-19-7-11-22(29)12-8-19)24-14-9-21(10-15-24)28(34)31-26-16-13-23(30)17-25(26)27(33)20-5-3-2-4-6-20/h2-17H,18H2,1H3,(H,31,34). The molecule has 0 atom stereocenters. The van der Waals surface area contributed by atoms with Crippen molar-refractivity contribution in [3.63, 3.8) is 0 Å². The SMILES string of the molecule is CS(=O)(=O)N(Cc1ccc(Cl)cc1)c1ccc(C(=O)Nc2ccc(Cl)cc2C(=O)c2ccccc2)cc1. The van der Waals surface area contributed by atoms with E-state index in [1.807, 2.05) is 6.07 Å². The Bertz CT molecular complexity index is 1540. The van der Waals surface area contributed by atoms with Crippen molar-refractivity contribution in [2.24, 2.45) is 0 Å². The van der Waals surface area contributed by atoms with Gasteiger partial charge < -0.3 is 5.32 Å². The molecule has 4 rings (SSSR count). The van der Waals surface area contributed by atoms with Gasteiger partial charge in [-0.1, -0.05) is 65.7 Å². The number of benzene rings is 4. The molecule has 0 heterocycles. The zero-order chi connectivity index (χ0) is 26.6. The molecule has 9 heteroatoms. The van der Waals surface area contributed by atoms with Crippen molar-refractivity contribution in [1.29, 1.82) is 0 Å². The summed E-state index contributed by atoms with van der Waals surface area (Å²) in [5.74, 6) is -0.737. The van der Waals surface area contributed by atoms with Crippen LogP contribution in [0.2, 0.25) is 10.0 Å². The zero-order valence-electron chi connectivity index (χ0n) is 19.7. The lowest BCUT2D eigenvalue weighted by Crippen LogP contribution is -2.29. The number of hydrogen-bond acceptors (Lipinski definition) is 4. The van der Waals surface area contributed by atoms with Crippen LogP contribution < -0.4 is 9.62 Å². The number of amides is 1. The average Bonchev–Trinajstić information content (AvgIpc) is 2.89. The third-order valence-electron chi connectivity index (χ3n) is 5.57. The van der Waals surface area contributed by atoms with Gasteiger partial charge in [0.15, 0.2) is 5.78 Å². The fraction of sp³-hybridized carbons (Fsp3) is 0.0714. The first-order valence-electron chi connectivity index (χ1n) is 11.1. The molecule has 0 aromatic heterocycles. The van der Waals surface area contributed by atoms with Crippen molar-refractivity contribution in [3.05, 3.63) is 129 Å². The predicted octanol–water partition coefficient (Wildman–Crippen LogP) is 6.44. The Morgan fingerprint density at radius 3 is 2.03 bits per heavy atom. The highest BCUT2D eigenvalue weighted by Gasteiger charge is 2.20. The van der Waals surface area contributed by atoms with E-state index in [4.69, 9.17) is 23.2 Å². The van der Waals surface area contributed by atoms with Gasteiger partial charge in [0.25, 0.3) is 5.91 Å². The lowest BCUT2D eigenvalue weighted by molar-refractivity contribution is 0.102. The number of carbonyl (C=O) groups is 2. The maximum Gasteiger partial charge on any atom is 0.255 e. The van der Waals surface area contributed by atoms with E-state index in [1.54, 1.807) is 72.8 Å². The van der Waals surface area contributed by atoms with E-state index >= 15 is 0 Å². The highest BCUT2D eigenvalue weighted by atomic mass is 35.5. The molecule has 4 aromatic rings. The van der Waals surface area contributed by atoms with Gasteiger partial charge in [0.1, 0.15) is 0 Å². The second kappa shape index (κ2) is 11.2. The molecule has 1 N–H and O–H groups in total. The normalized spacial score (nSPS) is 11.1. The highest BCUT2D eigenvalue weighted by Crippen LogP contribution is 2.26. The first-order valence-corrected chi connectivity index (χ1v) is 13.7. The molecule has 0 bridgehead atoms. The van der Waals surface area contributed by atoms with Crippen LogP contribution in [0.25, 0.3) is 0 Å². The molecule has 0 spiro atoms. The third kappa shape index (κ3) is 6.57. The second-order valence-corrected chi connectivity index (χ2v) is 11.1. The molecule has 37 heavy (non-hydrogen) atoms. The predicted molar refractivity (Wildman–Crippen MR) is 148 cm³/mol. The topological polar surface area (TPSA) is 83.6 Å². The molecular weight excluding hydrogens is 531 g/mol. The Labute approximate surface area is 225 Å². The van der Waals surface area contributed by atoms with Crippen LogP contribution in [-0.2, 0) is 16.6 Å². The van der Waals surface area contributed by atoms with Crippen LogP contribution in [0.15, 0.2) is 97.1 Å².